The number of halogens is 4. The molecular weight excluding hydrogens is 599 g/mol. The van der Waals surface area contributed by atoms with Gasteiger partial charge in [-0.05, 0) is 45.9 Å². The highest BCUT2D eigenvalue weighted by molar-refractivity contribution is 6.31. The van der Waals surface area contributed by atoms with Crippen LogP contribution in [0.2, 0.25) is 5.02 Å². The molecule has 0 bridgehead atoms. The highest BCUT2D eigenvalue weighted by Crippen LogP contribution is 2.37. The van der Waals surface area contributed by atoms with Gasteiger partial charge in [-0.15, -0.1) is 0 Å². The fourth-order valence-electron chi connectivity index (χ4n) is 6.24. The largest absolute Gasteiger partial charge is 0.417 e. The minimum absolute atomic E-state index is 0.0465. The summed E-state index contributed by atoms with van der Waals surface area (Å²) in [7, 11) is 0. The molecule has 2 aromatic heterocycles. The number of amides is 2. The van der Waals surface area contributed by atoms with Crippen molar-refractivity contribution in [1.29, 1.82) is 0 Å². The van der Waals surface area contributed by atoms with Crippen molar-refractivity contribution in [2.45, 2.75) is 71.0 Å². The van der Waals surface area contributed by atoms with Crippen molar-refractivity contribution in [3.8, 4) is 0 Å². The van der Waals surface area contributed by atoms with Crippen LogP contribution >= 0.6 is 11.6 Å². The first-order valence-corrected chi connectivity index (χ1v) is 15.0. The molecule has 44 heavy (non-hydrogen) atoms. The van der Waals surface area contributed by atoms with Crippen LogP contribution in [0.15, 0.2) is 30.6 Å². The van der Waals surface area contributed by atoms with E-state index in [0.29, 0.717) is 55.6 Å². The standard InChI is InChI=1S/C30H33ClF3N7O3/c1-16-9-25-22(14-39(16)27(42)20-5-6-24(31)23(10-20)30(32,33)34)26-28(43)40(13-17(2)41(26)37-25)19(4)21-11-35-29(36-12-21)38-7-8-44-15-18(38)3/h5-6,10-12,16-19H,7-9,13-15H2,1-4H3/t16-,17-,18?,19?/m1/s1. The summed E-state index contributed by atoms with van der Waals surface area (Å²) in [5.74, 6) is -0.189. The van der Waals surface area contributed by atoms with Crippen LogP contribution in [0.25, 0.3) is 0 Å². The number of aromatic nitrogens is 4. The molecule has 0 saturated carbocycles. The molecular formula is C30H33ClF3N7O3. The maximum absolute atomic E-state index is 14.0. The number of anilines is 1. The molecule has 0 N–H and O–H groups in total. The van der Waals surface area contributed by atoms with Gasteiger partial charge >= 0.3 is 6.18 Å². The van der Waals surface area contributed by atoms with Gasteiger partial charge in [-0.1, -0.05) is 11.6 Å². The lowest BCUT2D eigenvalue weighted by molar-refractivity contribution is -0.137. The summed E-state index contributed by atoms with van der Waals surface area (Å²) in [4.78, 5) is 42.1. The van der Waals surface area contributed by atoms with E-state index in [0.717, 1.165) is 17.7 Å². The normalized spacial score (nSPS) is 23.0. The topological polar surface area (TPSA) is 96.7 Å². The molecule has 3 aliphatic rings. The lowest BCUT2D eigenvalue weighted by Gasteiger charge is -2.37. The Hall–Kier alpha value is -3.71. The number of ether oxygens (including phenoxy) is 1. The Morgan fingerprint density at radius 3 is 2.52 bits per heavy atom. The fourth-order valence-corrected chi connectivity index (χ4v) is 6.46. The van der Waals surface area contributed by atoms with Gasteiger partial charge in [0.2, 0.25) is 5.95 Å². The number of alkyl halides is 3. The van der Waals surface area contributed by atoms with Crippen LogP contribution in [0.3, 0.4) is 0 Å². The molecule has 1 saturated heterocycles. The molecule has 234 valence electrons. The molecule has 5 heterocycles. The van der Waals surface area contributed by atoms with Crippen molar-refractivity contribution in [2.24, 2.45) is 0 Å². The van der Waals surface area contributed by atoms with Crippen molar-refractivity contribution in [3.05, 3.63) is 69.3 Å². The number of benzene rings is 1. The Kier molecular flexibility index (Phi) is 7.81. The van der Waals surface area contributed by atoms with E-state index in [2.05, 4.69) is 21.8 Å². The summed E-state index contributed by atoms with van der Waals surface area (Å²) >= 11 is 5.78. The first kappa shape index (κ1) is 30.3. The second kappa shape index (κ2) is 11.3. The van der Waals surface area contributed by atoms with E-state index >= 15 is 0 Å². The molecule has 14 heteroatoms. The van der Waals surface area contributed by atoms with E-state index < -0.39 is 22.7 Å². The monoisotopic (exact) mass is 631 g/mol. The van der Waals surface area contributed by atoms with Gasteiger partial charge in [0.25, 0.3) is 11.8 Å². The summed E-state index contributed by atoms with van der Waals surface area (Å²) in [5, 5.41) is 4.29. The zero-order valence-corrected chi connectivity index (χ0v) is 25.6. The van der Waals surface area contributed by atoms with Crippen molar-refractivity contribution < 1.29 is 27.5 Å². The molecule has 10 nitrogen and oxygen atoms in total. The van der Waals surface area contributed by atoms with Gasteiger partial charge in [0.15, 0.2) is 0 Å². The summed E-state index contributed by atoms with van der Waals surface area (Å²) < 4.78 is 47.7. The number of hydrogen-bond donors (Lipinski definition) is 0. The maximum Gasteiger partial charge on any atom is 0.417 e. The van der Waals surface area contributed by atoms with E-state index in [1.165, 1.54) is 11.0 Å². The van der Waals surface area contributed by atoms with Crippen LogP contribution in [0.1, 0.15) is 83.0 Å². The van der Waals surface area contributed by atoms with Gasteiger partial charge in [0.05, 0.1) is 54.2 Å². The average molecular weight is 632 g/mol. The predicted octanol–water partition coefficient (Wildman–Crippen LogP) is 4.94. The summed E-state index contributed by atoms with van der Waals surface area (Å²) in [6.07, 6.45) is -0.838. The van der Waals surface area contributed by atoms with Crippen LogP contribution < -0.4 is 4.90 Å². The van der Waals surface area contributed by atoms with Crippen LogP contribution in [-0.4, -0.2) is 79.7 Å². The van der Waals surface area contributed by atoms with E-state index in [4.69, 9.17) is 21.4 Å². The van der Waals surface area contributed by atoms with Gasteiger partial charge < -0.3 is 19.4 Å². The van der Waals surface area contributed by atoms with Crippen molar-refractivity contribution >= 4 is 29.4 Å². The molecule has 3 aliphatic heterocycles. The number of nitrogens with zero attached hydrogens (tertiary/aromatic N) is 7. The van der Waals surface area contributed by atoms with E-state index in [1.807, 2.05) is 20.8 Å². The number of carbonyl (C=O) groups is 2. The van der Waals surface area contributed by atoms with Crippen LogP contribution in [0.4, 0.5) is 19.1 Å². The molecule has 2 amide bonds. The van der Waals surface area contributed by atoms with E-state index in [1.54, 1.807) is 22.0 Å². The minimum atomic E-state index is -4.70. The second-order valence-corrected chi connectivity index (χ2v) is 12.2. The summed E-state index contributed by atoms with van der Waals surface area (Å²) in [6, 6.07) is 2.49. The zero-order chi connectivity index (χ0) is 31.5. The van der Waals surface area contributed by atoms with Crippen LogP contribution in [-0.2, 0) is 23.9 Å². The molecule has 1 aromatic carbocycles. The van der Waals surface area contributed by atoms with Crippen LogP contribution in [0.5, 0.6) is 0 Å². The summed E-state index contributed by atoms with van der Waals surface area (Å²) in [5.41, 5.74) is 1.31. The minimum Gasteiger partial charge on any atom is -0.377 e. The molecule has 1 fully saturated rings. The Bertz CT molecular complexity index is 1600. The van der Waals surface area contributed by atoms with Crippen LogP contribution in [0, 0.1) is 0 Å². The average Bonchev–Trinajstić information content (AvgIpc) is 3.37. The number of hydrogen-bond acceptors (Lipinski definition) is 7. The van der Waals surface area contributed by atoms with Gasteiger partial charge in [0.1, 0.15) is 5.69 Å². The quantitative estimate of drug-likeness (QED) is 0.403. The smallest absolute Gasteiger partial charge is 0.377 e. The second-order valence-electron chi connectivity index (χ2n) is 11.8. The maximum atomic E-state index is 14.0. The highest BCUT2D eigenvalue weighted by atomic mass is 35.5. The Labute approximate surface area is 257 Å². The third-order valence-electron chi connectivity index (χ3n) is 8.80. The lowest BCUT2D eigenvalue weighted by atomic mass is 9.96. The van der Waals surface area contributed by atoms with E-state index in [9.17, 15) is 22.8 Å². The van der Waals surface area contributed by atoms with Crippen molar-refractivity contribution in [1.82, 2.24) is 29.5 Å². The Morgan fingerprint density at radius 2 is 1.84 bits per heavy atom. The van der Waals surface area contributed by atoms with E-state index in [-0.39, 0.29) is 42.2 Å². The SMILES string of the molecule is CC(c1cnc(N2CCOCC2C)nc1)N1C[C@@H](C)n2nc3c(c2C1=O)CN(C(=O)c1ccc(Cl)c(C(F)(F)F)c1)[C@H](C)C3. The fraction of sp³-hybridized carbons (Fsp3) is 0.500. The van der Waals surface area contributed by atoms with Gasteiger partial charge in [-0.25, -0.2) is 9.97 Å². The van der Waals surface area contributed by atoms with Crippen molar-refractivity contribution in [3.63, 3.8) is 0 Å². The Balaban J connectivity index is 1.26. The lowest BCUT2D eigenvalue weighted by Crippen LogP contribution is -2.46. The summed E-state index contributed by atoms with van der Waals surface area (Å²) in [6.45, 7) is 10.2. The van der Waals surface area contributed by atoms with Crippen molar-refractivity contribution in [2.75, 3.05) is 31.2 Å². The predicted molar refractivity (Wildman–Crippen MR) is 156 cm³/mol. The number of fused-ring (bicyclic) bond motifs is 3. The number of morpholine rings is 1. The molecule has 0 radical (unpaired) electrons. The number of carbonyl (C=O) groups excluding carboxylic acids is 2. The highest BCUT2D eigenvalue weighted by Gasteiger charge is 2.41. The van der Waals surface area contributed by atoms with Gasteiger partial charge in [0, 0.05) is 54.6 Å². The third kappa shape index (κ3) is 5.29. The molecule has 0 aliphatic carbocycles. The molecule has 3 aromatic rings. The molecule has 4 atom stereocenters. The first-order chi connectivity index (χ1) is 20.8. The molecule has 6 rings (SSSR count). The molecule has 2 unspecified atom stereocenters. The third-order valence-corrected chi connectivity index (χ3v) is 9.12. The zero-order valence-electron chi connectivity index (χ0n) is 24.8. The van der Waals surface area contributed by atoms with Gasteiger partial charge in [-0.2, -0.15) is 18.3 Å². The number of rotatable bonds is 4. The van der Waals surface area contributed by atoms with Gasteiger partial charge in [-0.3, -0.25) is 14.3 Å². The first-order valence-electron chi connectivity index (χ1n) is 14.6. The molecule has 0 spiro atoms. The Morgan fingerprint density at radius 1 is 1.11 bits per heavy atom.